The van der Waals surface area contributed by atoms with E-state index in [-0.39, 0.29) is 23.4 Å². The predicted molar refractivity (Wildman–Crippen MR) is 129 cm³/mol. The van der Waals surface area contributed by atoms with Crippen LogP contribution in [-0.4, -0.2) is 20.9 Å². The van der Waals surface area contributed by atoms with Gasteiger partial charge in [-0.2, -0.15) is 0 Å². The second-order valence-corrected chi connectivity index (χ2v) is 10.2. The molecule has 1 N–H and O–H groups in total. The number of nitrogens with one attached hydrogen (secondary N) is 1. The zero-order chi connectivity index (χ0) is 23.5. The Morgan fingerprint density at radius 3 is 2.12 bits per heavy atom. The maximum absolute atomic E-state index is 13.5. The molecule has 168 valence electrons. The van der Waals surface area contributed by atoms with Crippen LogP contribution in [0.3, 0.4) is 0 Å². The molecule has 0 saturated carbocycles. The molecule has 3 aromatic rings. The minimum atomic E-state index is -3.92. The standard InChI is InChI=1S/C26H30N2O3S/c1-18-9-12-24(13-10-18)32(30,31)28(23-8-6-7-19(2)16-23)17-26(29)27-22(5)25-14-11-20(3)15-21(25)4/h6-16,22H,17H2,1-5H3,(H,27,29)/t22-/m1/s1. The third-order valence-electron chi connectivity index (χ3n) is 5.46. The first-order valence-corrected chi connectivity index (χ1v) is 12.0. The van der Waals surface area contributed by atoms with Gasteiger partial charge in [0.05, 0.1) is 16.6 Å². The van der Waals surface area contributed by atoms with E-state index in [1.807, 2.05) is 52.8 Å². The van der Waals surface area contributed by atoms with Crippen LogP contribution in [0.4, 0.5) is 5.69 Å². The van der Waals surface area contributed by atoms with E-state index in [2.05, 4.69) is 11.4 Å². The molecule has 0 saturated heterocycles. The Morgan fingerprint density at radius 1 is 0.875 bits per heavy atom. The molecular weight excluding hydrogens is 420 g/mol. The Kier molecular flexibility index (Phi) is 7.04. The molecule has 5 nitrogen and oxygen atoms in total. The minimum absolute atomic E-state index is 0.153. The minimum Gasteiger partial charge on any atom is -0.348 e. The maximum atomic E-state index is 13.5. The summed E-state index contributed by atoms with van der Waals surface area (Å²) < 4.78 is 28.1. The zero-order valence-electron chi connectivity index (χ0n) is 19.2. The van der Waals surface area contributed by atoms with E-state index in [0.29, 0.717) is 5.69 Å². The van der Waals surface area contributed by atoms with Gasteiger partial charge < -0.3 is 5.32 Å². The molecule has 6 heteroatoms. The van der Waals surface area contributed by atoms with Crippen LogP contribution in [0.25, 0.3) is 0 Å². The second-order valence-electron chi connectivity index (χ2n) is 8.31. The van der Waals surface area contributed by atoms with Gasteiger partial charge in [-0.05, 0) is 75.6 Å². The van der Waals surface area contributed by atoms with E-state index < -0.39 is 10.0 Å². The predicted octanol–water partition coefficient (Wildman–Crippen LogP) is 4.99. The van der Waals surface area contributed by atoms with Gasteiger partial charge >= 0.3 is 0 Å². The Labute approximate surface area is 191 Å². The lowest BCUT2D eigenvalue weighted by molar-refractivity contribution is -0.120. The molecule has 3 rings (SSSR count). The number of aryl methyl sites for hydroxylation is 4. The van der Waals surface area contributed by atoms with Gasteiger partial charge in [0.25, 0.3) is 10.0 Å². The third-order valence-corrected chi connectivity index (χ3v) is 7.24. The first-order chi connectivity index (χ1) is 15.1. The summed E-state index contributed by atoms with van der Waals surface area (Å²) in [5.74, 6) is -0.366. The molecule has 32 heavy (non-hydrogen) atoms. The lowest BCUT2D eigenvalue weighted by atomic mass is 10.0. The molecule has 0 spiro atoms. The van der Waals surface area contributed by atoms with E-state index >= 15 is 0 Å². The number of amides is 1. The molecule has 1 amide bonds. The van der Waals surface area contributed by atoms with Gasteiger partial charge in [-0.25, -0.2) is 8.42 Å². The first kappa shape index (κ1) is 23.5. The molecular formula is C26H30N2O3S. The fraction of sp³-hybridized carbons (Fsp3) is 0.269. The largest absolute Gasteiger partial charge is 0.348 e. The van der Waals surface area contributed by atoms with E-state index in [9.17, 15) is 13.2 Å². The summed E-state index contributed by atoms with van der Waals surface area (Å²) in [5, 5.41) is 2.96. The number of rotatable bonds is 7. The maximum Gasteiger partial charge on any atom is 0.264 e. The van der Waals surface area contributed by atoms with Crippen molar-refractivity contribution in [3.05, 3.63) is 94.5 Å². The molecule has 1 atom stereocenters. The Bertz CT molecular complexity index is 1220. The molecule has 0 aromatic heterocycles. The fourth-order valence-corrected chi connectivity index (χ4v) is 5.16. The number of anilines is 1. The van der Waals surface area contributed by atoms with E-state index in [1.54, 1.807) is 42.5 Å². The second kappa shape index (κ2) is 9.57. The number of nitrogens with zero attached hydrogens (tertiary/aromatic N) is 1. The van der Waals surface area contributed by atoms with Gasteiger partial charge in [0.2, 0.25) is 5.91 Å². The monoisotopic (exact) mass is 450 g/mol. The number of hydrogen-bond acceptors (Lipinski definition) is 3. The molecule has 0 fully saturated rings. The van der Waals surface area contributed by atoms with Crippen molar-refractivity contribution in [2.24, 2.45) is 0 Å². The molecule has 3 aromatic carbocycles. The highest BCUT2D eigenvalue weighted by atomic mass is 32.2. The van der Waals surface area contributed by atoms with E-state index in [4.69, 9.17) is 0 Å². The lowest BCUT2D eigenvalue weighted by Crippen LogP contribution is -2.41. The summed E-state index contributed by atoms with van der Waals surface area (Å²) in [6, 6.07) is 19.6. The zero-order valence-corrected chi connectivity index (χ0v) is 20.0. The van der Waals surface area contributed by atoms with Crippen LogP contribution < -0.4 is 9.62 Å². The van der Waals surface area contributed by atoms with Gasteiger partial charge in [-0.15, -0.1) is 0 Å². The molecule has 0 radical (unpaired) electrons. The fourth-order valence-electron chi connectivity index (χ4n) is 3.74. The number of carbonyl (C=O) groups is 1. The summed E-state index contributed by atoms with van der Waals surface area (Å²) >= 11 is 0. The summed E-state index contributed by atoms with van der Waals surface area (Å²) in [6.45, 7) is 9.41. The van der Waals surface area contributed by atoms with Gasteiger partial charge in [-0.3, -0.25) is 9.10 Å². The van der Waals surface area contributed by atoms with Gasteiger partial charge in [0, 0.05) is 0 Å². The van der Waals surface area contributed by atoms with Crippen molar-refractivity contribution in [1.82, 2.24) is 5.32 Å². The molecule has 0 unspecified atom stereocenters. The number of carbonyl (C=O) groups excluding carboxylic acids is 1. The van der Waals surface area contributed by atoms with Crippen LogP contribution >= 0.6 is 0 Å². The Hall–Kier alpha value is -3.12. The smallest absolute Gasteiger partial charge is 0.264 e. The highest BCUT2D eigenvalue weighted by Gasteiger charge is 2.28. The molecule has 0 aliphatic heterocycles. The van der Waals surface area contributed by atoms with Crippen LogP contribution in [0.1, 0.15) is 40.8 Å². The van der Waals surface area contributed by atoms with Gasteiger partial charge in [0.15, 0.2) is 0 Å². The summed E-state index contributed by atoms with van der Waals surface area (Å²) in [5.41, 5.74) is 5.58. The van der Waals surface area contributed by atoms with Crippen molar-refractivity contribution < 1.29 is 13.2 Å². The summed E-state index contributed by atoms with van der Waals surface area (Å²) in [6.07, 6.45) is 0. The van der Waals surface area contributed by atoms with Crippen molar-refractivity contribution in [2.45, 2.75) is 45.6 Å². The van der Waals surface area contributed by atoms with Gasteiger partial charge in [-0.1, -0.05) is 53.6 Å². The normalized spacial score (nSPS) is 12.3. The Balaban J connectivity index is 1.90. The third kappa shape index (κ3) is 5.37. The topological polar surface area (TPSA) is 66.5 Å². The molecule has 0 heterocycles. The van der Waals surface area contributed by atoms with E-state index in [1.165, 1.54) is 4.31 Å². The number of sulfonamides is 1. The number of benzene rings is 3. The highest BCUT2D eigenvalue weighted by molar-refractivity contribution is 7.92. The number of hydrogen-bond donors (Lipinski definition) is 1. The molecule has 0 aliphatic carbocycles. The van der Waals surface area contributed by atoms with Crippen LogP contribution in [0.2, 0.25) is 0 Å². The average Bonchev–Trinajstić information content (AvgIpc) is 2.72. The van der Waals surface area contributed by atoms with Crippen molar-refractivity contribution >= 4 is 21.6 Å². The van der Waals surface area contributed by atoms with E-state index in [0.717, 1.165) is 27.8 Å². The Morgan fingerprint density at radius 2 is 1.50 bits per heavy atom. The SMILES string of the molecule is Cc1ccc(S(=O)(=O)N(CC(=O)N[C@H](C)c2ccc(C)cc2C)c2cccc(C)c2)cc1. The van der Waals surface area contributed by atoms with Crippen LogP contribution in [-0.2, 0) is 14.8 Å². The average molecular weight is 451 g/mol. The van der Waals surface area contributed by atoms with Crippen LogP contribution in [0, 0.1) is 27.7 Å². The molecule has 0 bridgehead atoms. The first-order valence-electron chi connectivity index (χ1n) is 10.6. The highest BCUT2D eigenvalue weighted by Crippen LogP contribution is 2.25. The summed E-state index contributed by atoms with van der Waals surface area (Å²) in [7, 11) is -3.92. The van der Waals surface area contributed by atoms with Crippen molar-refractivity contribution in [2.75, 3.05) is 10.8 Å². The quantitative estimate of drug-likeness (QED) is 0.551. The van der Waals surface area contributed by atoms with Crippen molar-refractivity contribution in [3.8, 4) is 0 Å². The van der Waals surface area contributed by atoms with Crippen molar-refractivity contribution in [1.29, 1.82) is 0 Å². The molecule has 0 aliphatic rings. The van der Waals surface area contributed by atoms with Crippen LogP contribution in [0.15, 0.2) is 71.6 Å². The van der Waals surface area contributed by atoms with Crippen LogP contribution in [0.5, 0.6) is 0 Å². The van der Waals surface area contributed by atoms with Crippen molar-refractivity contribution in [3.63, 3.8) is 0 Å². The van der Waals surface area contributed by atoms with Gasteiger partial charge in [0.1, 0.15) is 6.54 Å². The lowest BCUT2D eigenvalue weighted by Gasteiger charge is -2.26. The summed E-state index contributed by atoms with van der Waals surface area (Å²) in [4.78, 5) is 13.1.